The SMILES string of the molecule is CC(C)c1ccccc1Nc1ncco1. The van der Waals surface area contributed by atoms with Crippen LogP contribution in [0.25, 0.3) is 0 Å². The molecule has 0 saturated heterocycles. The van der Waals surface area contributed by atoms with E-state index in [0.717, 1.165) is 5.69 Å². The van der Waals surface area contributed by atoms with E-state index in [2.05, 4.69) is 30.2 Å². The number of aromatic nitrogens is 1. The molecule has 3 nitrogen and oxygen atoms in total. The third-order valence-corrected chi connectivity index (χ3v) is 2.26. The molecule has 3 heteroatoms. The number of nitrogens with one attached hydrogen (secondary N) is 1. The fraction of sp³-hybridized carbons (Fsp3) is 0.250. The van der Waals surface area contributed by atoms with Crippen molar-refractivity contribution in [2.75, 3.05) is 5.32 Å². The van der Waals surface area contributed by atoms with Crippen molar-refractivity contribution in [3.05, 3.63) is 42.3 Å². The fourth-order valence-electron chi connectivity index (χ4n) is 1.51. The number of hydrogen-bond donors (Lipinski definition) is 1. The van der Waals surface area contributed by atoms with Crippen molar-refractivity contribution in [3.8, 4) is 0 Å². The van der Waals surface area contributed by atoms with E-state index in [0.29, 0.717) is 11.9 Å². The first-order valence-electron chi connectivity index (χ1n) is 5.03. The van der Waals surface area contributed by atoms with E-state index in [-0.39, 0.29) is 0 Å². The van der Waals surface area contributed by atoms with Crippen LogP contribution in [-0.2, 0) is 0 Å². The topological polar surface area (TPSA) is 38.1 Å². The molecular formula is C12H14N2O. The van der Waals surface area contributed by atoms with Gasteiger partial charge >= 0.3 is 0 Å². The zero-order valence-corrected chi connectivity index (χ0v) is 8.90. The lowest BCUT2D eigenvalue weighted by Crippen LogP contribution is -1.97. The Morgan fingerprint density at radius 3 is 2.73 bits per heavy atom. The summed E-state index contributed by atoms with van der Waals surface area (Å²) in [4.78, 5) is 4.03. The molecule has 0 saturated carbocycles. The Morgan fingerprint density at radius 1 is 1.27 bits per heavy atom. The van der Waals surface area contributed by atoms with Gasteiger partial charge in [0, 0.05) is 5.69 Å². The van der Waals surface area contributed by atoms with Crippen molar-refractivity contribution < 1.29 is 4.42 Å². The van der Waals surface area contributed by atoms with Gasteiger partial charge < -0.3 is 9.73 Å². The second-order valence-electron chi connectivity index (χ2n) is 3.70. The second kappa shape index (κ2) is 4.17. The lowest BCUT2D eigenvalue weighted by molar-refractivity contribution is 0.577. The summed E-state index contributed by atoms with van der Waals surface area (Å²) >= 11 is 0. The van der Waals surface area contributed by atoms with Crippen molar-refractivity contribution in [1.82, 2.24) is 4.98 Å². The highest BCUT2D eigenvalue weighted by Gasteiger charge is 2.06. The molecule has 0 spiro atoms. The number of oxazole rings is 1. The summed E-state index contributed by atoms with van der Waals surface area (Å²) in [6, 6.07) is 8.70. The molecule has 15 heavy (non-hydrogen) atoms. The molecule has 0 aliphatic rings. The largest absolute Gasteiger partial charge is 0.432 e. The minimum atomic E-state index is 0.476. The van der Waals surface area contributed by atoms with Crippen molar-refractivity contribution in [2.45, 2.75) is 19.8 Å². The summed E-state index contributed by atoms with van der Waals surface area (Å²) in [5, 5.41) is 3.16. The average molecular weight is 202 g/mol. The average Bonchev–Trinajstić information content (AvgIpc) is 2.71. The highest BCUT2D eigenvalue weighted by Crippen LogP contribution is 2.25. The van der Waals surface area contributed by atoms with Gasteiger partial charge in [-0.3, -0.25) is 0 Å². The van der Waals surface area contributed by atoms with Crippen LogP contribution in [0.1, 0.15) is 25.3 Å². The molecule has 1 aromatic carbocycles. The number of nitrogens with zero attached hydrogens (tertiary/aromatic N) is 1. The molecule has 0 aliphatic carbocycles. The first-order valence-corrected chi connectivity index (χ1v) is 5.03. The molecule has 2 rings (SSSR count). The molecule has 0 aliphatic heterocycles. The van der Waals surface area contributed by atoms with Crippen LogP contribution in [-0.4, -0.2) is 4.98 Å². The normalized spacial score (nSPS) is 10.6. The predicted molar refractivity (Wildman–Crippen MR) is 60.3 cm³/mol. The van der Waals surface area contributed by atoms with Gasteiger partial charge in [0.2, 0.25) is 0 Å². The Balaban J connectivity index is 2.28. The van der Waals surface area contributed by atoms with Crippen LogP contribution in [0.3, 0.4) is 0 Å². The third kappa shape index (κ3) is 2.18. The number of hydrogen-bond acceptors (Lipinski definition) is 3. The van der Waals surface area contributed by atoms with Gasteiger partial charge in [-0.2, -0.15) is 0 Å². The maximum absolute atomic E-state index is 5.15. The van der Waals surface area contributed by atoms with E-state index in [1.807, 2.05) is 18.2 Å². The van der Waals surface area contributed by atoms with Crippen molar-refractivity contribution in [3.63, 3.8) is 0 Å². The summed E-state index contributed by atoms with van der Waals surface area (Å²) in [5.41, 5.74) is 2.31. The van der Waals surface area contributed by atoms with Crippen molar-refractivity contribution >= 4 is 11.7 Å². The van der Waals surface area contributed by atoms with Gasteiger partial charge in [0.05, 0.1) is 6.20 Å². The summed E-state index contributed by atoms with van der Waals surface area (Å²) in [6.07, 6.45) is 3.18. The molecule has 1 N–H and O–H groups in total. The van der Waals surface area contributed by atoms with E-state index in [1.165, 1.54) is 5.56 Å². The molecule has 0 radical (unpaired) electrons. The zero-order valence-electron chi connectivity index (χ0n) is 8.90. The van der Waals surface area contributed by atoms with E-state index >= 15 is 0 Å². The van der Waals surface area contributed by atoms with E-state index < -0.39 is 0 Å². The van der Waals surface area contributed by atoms with Gasteiger partial charge in [-0.15, -0.1) is 0 Å². The maximum Gasteiger partial charge on any atom is 0.299 e. The summed E-state index contributed by atoms with van der Waals surface area (Å²) in [6.45, 7) is 4.33. The van der Waals surface area contributed by atoms with Gasteiger partial charge in [0.1, 0.15) is 6.26 Å². The van der Waals surface area contributed by atoms with Crippen LogP contribution in [0.4, 0.5) is 11.7 Å². The standard InChI is InChI=1S/C12H14N2O/c1-9(2)10-5-3-4-6-11(10)14-12-13-7-8-15-12/h3-9H,1-2H3,(H,13,14). The van der Waals surface area contributed by atoms with E-state index in [1.54, 1.807) is 12.5 Å². The van der Waals surface area contributed by atoms with Crippen molar-refractivity contribution in [2.24, 2.45) is 0 Å². The molecule has 0 amide bonds. The Kier molecular flexibility index (Phi) is 2.72. The molecule has 0 atom stereocenters. The Labute approximate surface area is 89.1 Å². The van der Waals surface area contributed by atoms with Crippen LogP contribution in [0.2, 0.25) is 0 Å². The highest BCUT2D eigenvalue weighted by molar-refractivity contribution is 5.58. The van der Waals surface area contributed by atoms with Crippen LogP contribution in [0.5, 0.6) is 0 Å². The smallest absolute Gasteiger partial charge is 0.299 e. The minimum Gasteiger partial charge on any atom is -0.432 e. The Morgan fingerprint density at radius 2 is 2.07 bits per heavy atom. The molecule has 1 heterocycles. The number of rotatable bonds is 3. The van der Waals surface area contributed by atoms with Gasteiger partial charge in [-0.1, -0.05) is 32.0 Å². The van der Waals surface area contributed by atoms with E-state index in [9.17, 15) is 0 Å². The molecule has 78 valence electrons. The Hall–Kier alpha value is -1.77. The van der Waals surface area contributed by atoms with Gasteiger partial charge in [-0.05, 0) is 17.5 Å². The predicted octanol–water partition coefficient (Wildman–Crippen LogP) is 3.54. The Bertz CT molecular complexity index is 421. The lowest BCUT2D eigenvalue weighted by Gasteiger charge is -2.11. The monoisotopic (exact) mass is 202 g/mol. The third-order valence-electron chi connectivity index (χ3n) is 2.26. The molecule has 1 aromatic heterocycles. The van der Waals surface area contributed by atoms with Crippen LogP contribution >= 0.6 is 0 Å². The van der Waals surface area contributed by atoms with Crippen LogP contribution in [0, 0.1) is 0 Å². The van der Waals surface area contributed by atoms with Gasteiger partial charge in [0.25, 0.3) is 6.01 Å². The number of benzene rings is 1. The van der Waals surface area contributed by atoms with Crippen LogP contribution < -0.4 is 5.32 Å². The molecular weight excluding hydrogens is 188 g/mol. The molecule has 0 bridgehead atoms. The highest BCUT2D eigenvalue weighted by atomic mass is 16.4. The minimum absolute atomic E-state index is 0.476. The number of anilines is 2. The molecule has 0 fully saturated rings. The summed E-state index contributed by atoms with van der Waals surface area (Å²) in [7, 11) is 0. The summed E-state index contributed by atoms with van der Waals surface area (Å²) < 4.78 is 5.15. The van der Waals surface area contributed by atoms with Gasteiger partial charge in [0.15, 0.2) is 0 Å². The number of para-hydroxylation sites is 1. The molecule has 2 aromatic rings. The zero-order chi connectivity index (χ0) is 10.7. The maximum atomic E-state index is 5.15. The molecule has 0 unspecified atom stereocenters. The quantitative estimate of drug-likeness (QED) is 0.827. The second-order valence-corrected chi connectivity index (χ2v) is 3.70. The first-order chi connectivity index (χ1) is 7.27. The van der Waals surface area contributed by atoms with Crippen molar-refractivity contribution in [1.29, 1.82) is 0 Å². The van der Waals surface area contributed by atoms with Gasteiger partial charge in [-0.25, -0.2) is 4.98 Å². The van der Waals surface area contributed by atoms with Crippen LogP contribution in [0.15, 0.2) is 41.1 Å². The summed E-state index contributed by atoms with van der Waals surface area (Å²) in [5.74, 6) is 0.476. The fourth-order valence-corrected chi connectivity index (χ4v) is 1.51. The lowest BCUT2D eigenvalue weighted by atomic mass is 10.0. The van der Waals surface area contributed by atoms with E-state index in [4.69, 9.17) is 4.42 Å². The first kappa shape index (κ1) is 9.77.